The number of hydrogen-bond donors (Lipinski definition) is 1. The average molecular weight is 228 g/mol. The molecule has 0 aliphatic heterocycles. The van der Waals surface area contributed by atoms with E-state index in [0.29, 0.717) is 5.56 Å². The van der Waals surface area contributed by atoms with Crippen molar-refractivity contribution in [3.05, 3.63) is 35.4 Å². The molecule has 0 bridgehead atoms. The first-order valence-corrected chi connectivity index (χ1v) is 5.13. The summed E-state index contributed by atoms with van der Waals surface area (Å²) in [6.45, 7) is 3.72. The lowest BCUT2D eigenvalue weighted by Gasteiger charge is -2.36. The van der Waals surface area contributed by atoms with Crippen molar-refractivity contribution in [3.8, 4) is 0 Å². The first-order chi connectivity index (χ1) is 7.23. The number of hydrogen-bond acceptors (Lipinski definition) is 2. The molecule has 0 aliphatic carbocycles. The van der Waals surface area contributed by atoms with E-state index in [2.05, 4.69) is 0 Å². The third-order valence-electron chi connectivity index (χ3n) is 2.48. The van der Waals surface area contributed by atoms with Crippen LogP contribution < -0.4 is 5.73 Å². The van der Waals surface area contributed by atoms with Gasteiger partial charge in [-0.2, -0.15) is 0 Å². The van der Waals surface area contributed by atoms with Crippen molar-refractivity contribution >= 4 is 0 Å². The number of nitrogens with two attached hydrogens (primary N) is 1. The Kier molecular flexibility index (Phi) is 3.65. The Morgan fingerprint density at radius 3 is 2.12 bits per heavy atom. The molecule has 0 radical (unpaired) electrons. The second-order valence-electron chi connectivity index (χ2n) is 4.86. The Hall–Kier alpha value is -1.00. The Bertz CT molecular complexity index is 370. The van der Waals surface area contributed by atoms with Gasteiger partial charge in [0, 0.05) is 5.54 Å². The molecular weight excluding hydrogens is 210 g/mol. The maximum absolute atomic E-state index is 13.2. The highest BCUT2D eigenvalue weighted by Gasteiger charge is 2.29. The molecule has 0 aliphatic rings. The number of halogens is 2. The molecule has 0 heterocycles. The molecule has 16 heavy (non-hydrogen) atoms. The van der Waals surface area contributed by atoms with E-state index >= 15 is 0 Å². The van der Waals surface area contributed by atoms with Gasteiger partial charge in [0.1, 0.15) is 0 Å². The zero-order valence-corrected chi connectivity index (χ0v) is 10.1. The molecule has 0 aromatic heterocycles. The standard InChI is InChI=1S/C12H18F2N2/c1-12(2,15)11(16(3)4)8-5-6-9(13)10(14)7-8/h5-7,11H,15H2,1-4H3. The Balaban J connectivity index is 3.17. The zero-order chi connectivity index (χ0) is 12.5. The Labute approximate surface area is 95.1 Å². The van der Waals surface area contributed by atoms with E-state index in [1.807, 2.05) is 32.8 Å². The fourth-order valence-corrected chi connectivity index (χ4v) is 2.08. The molecule has 1 aromatic carbocycles. The summed E-state index contributed by atoms with van der Waals surface area (Å²) in [4.78, 5) is 1.90. The smallest absolute Gasteiger partial charge is 0.159 e. The van der Waals surface area contributed by atoms with Crippen molar-refractivity contribution < 1.29 is 8.78 Å². The molecule has 1 aromatic rings. The van der Waals surface area contributed by atoms with Crippen LogP contribution >= 0.6 is 0 Å². The normalized spacial score (nSPS) is 14.2. The van der Waals surface area contributed by atoms with Crippen LogP contribution in [0.25, 0.3) is 0 Å². The van der Waals surface area contributed by atoms with Gasteiger partial charge in [0.15, 0.2) is 11.6 Å². The predicted molar refractivity (Wildman–Crippen MR) is 61.1 cm³/mol. The highest BCUT2D eigenvalue weighted by molar-refractivity contribution is 5.24. The van der Waals surface area contributed by atoms with Crippen molar-refractivity contribution in [2.75, 3.05) is 14.1 Å². The summed E-state index contributed by atoms with van der Waals surface area (Å²) in [5.74, 6) is -1.68. The zero-order valence-electron chi connectivity index (χ0n) is 10.1. The molecule has 4 heteroatoms. The average Bonchev–Trinajstić information content (AvgIpc) is 2.08. The van der Waals surface area contributed by atoms with E-state index in [4.69, 9.17) is 5.73 Å². The van der Waals surface area contributed by atoms with Crippen molar-refractivity contribution in [2.24, 2.45) is 5.73 Å². The molecule has 1 unspecified atom stereocenters. The van der Waals surface area contributed by atoms with Gasteiger partial charge in [-0.05, 0) is 45.6 Å². The van der Waals surface area contributed by atoms with Crippen LogP contribution in [0.2, 0.25) is 0 Å². The molecule has 0 fully saturated rings. The van der Waals surface area contributed by atoms with E-state index in [1.165, 1.54) is 6.07 Å². The number of benzene rings is 1. The fourth-order valence-electron chi connectivity index (χ4n) is 2.08. The molecule has 0 saturated heterocycles. The van der Waals surface area contributed by atoms with Gasteiger partial charge in [0.25, 0.3) is 0 Å². The van der Waals surface area contributed by atoms with Gasteiger partial charge < -0.3 is 10.6 Å². The Morgan fingerprint density at radius 2 is 1.75 bits per heavy atom. The van der Waals surface area contributed by atoms with Crippen LogP contribution in [0.15, 0.2) is 18.2 Å². The molecule has 90 valence electrons. The van der Waals surface area contributed by atoms with Gasteiger partial charge in [-0.15, -0.1) is 0 Å². The molecule has 1 atom stereocenters. The molecule has 2 N–H and O–H groups in total. The lowest BCUT2D eigenvalue weighted by Crippen LogP contribution is -2.45. The summed E-state index contributed by atoms with van der Waals surface area (Å²) in [5.41, 5.74) is 6.19. The number of nitrogens with zero attached hydrogens (tertiary/aromatic N) is 1. The van der Waals surface area contributed by atoms with Gasteiger partial charge in [-0.1, -0.05) is 6.07 Å². The summed E-state index contributed by atoms with van der Waals surface area (Å²) >= 11 is 0. The van der Waals surface area contributed by atoms with Gasteiger partial charge >= 0.3 is 0 Å². The van der Waals surface area contributed by atoms with E-state index in [-0.39, 0.29) is 6.04 Å². The Morgan fingerprint density at radius 1 is 1.19 bits per heavy atom. The third kappa shape index (κ3) is 2.77. The molecule has 2 nitrogen and oxygen atoms in total. The van der Waals surface area contributed by atoms with E-state index in [0.717, 1.165) is 6.07 Å². The van der Waals surface area contributed by atoms with Gasteiger partial charge in [0.2, 0.25) is 0 Å². The summed E-state index contributed by atoms with van der Waals surface area (Å²) in [5, 5.41) is 0. The monoisotopic (exact) mass is 228 g/mol. The SMILES string of the molecule is CN(C)C(c1ccc(F)c(F)c1)C(C)(C)N. The van der Waals surface area contributed by atoms with Crippen LogP contribution in [-0.2, 0) is 0 Å². The van der Waals surface area contributed by atoms with Gasteiger partial charge in [-0.3, -0.25) is 0 Å². The summed E-state index contributed by atoms with van der Waals surface area (Å²) in [6.07, 6.45) is 0. The lowest BCUT2D eigenvalue weighted by atomic mass is 9.88. The fraction of sp³-hybridized carbons (Fsp3) is 0.500. The minimum atomic E-state index is -0.839. The van der Waals surface area contributed by atoms with Crippen LogP contribution in [0.1, 0.15) is 25.5 Å². The maximum atomic E-state index is 13.2. The summed E-state index contributed by atoms with van der Waals surface area (Å²) < 4.78 is 26.0. The van der Waals surface area contributed by atoms with Crippen molar-refractivity contribution in [3.63, 3.8) is 0 Å². The topological polar surface area (TPSA) is 29.3 Å². The van der Waals surface area contributed by atoms with Crippen LogP contribution in [0.4, 0.5) is 8.78 Å². The molecular formula is C12H18F2N2. The molecule has 0 amide bonds. The van der Waals surface area contributed by atoms with Crippen LogP contribution in [-0.4, -0.2) is 24.5 Å². The second-order valence-corrected chi connectivity index (χ2v) is 4.86. The van der Waals surface area contributed by atoms with E-state index in [9.17, 15) is 8.78 Å². The molecule has 0 spiro atoms. The third-order valence-corrected chi connectivity index (χ3v) is 2.48. The minimum absolute atomic E-state index is 0.164. The second kappa shape index (κ2) is 4.47. The number of likely N-dealkylation sites (N-methyl/N-ethyl adjacent to an activating group) is 1. The van der Waals surface area contributed by atoms with Crippen molar-refractivity contribution in [2.45, 2.75) is 25.4 Å². The molecule has 0 saturated carbocycles. The van der Waals surface area contributed by atoms with Gasteiger partial charge in [0.05, 0.1) is 6.04 Å². The van der Waals surface area contributed by atoms with E-state index in [1.54, 1.807) is 6.07 Å². The van der Waals surface area contributed by atoms with Crippen LogP contribution in [0, 0.1) is 11.6 Å². The first-order valence-electron chi connectivity index (χ1n) is 5.13. The lowest BCUT2D eigenvalue weighted by molar-refractivity contribution is 0.204. The molecule has 1 rings (SSSR count). The summed E-state index contributed by atoms with van der Waals surface area (Å²) in [7, 11) is 3.72. The van der Waals surface area contributed by atoms with Gasteiger partial charge in [-0.25, -0.2) is 8.78 Å². The number of rotatable bonds is 3. The highest BCUT2D eigenvalue weighted by Crippen LogP contribution is 2.28. The highest BCUT2D eigenvalue weighted by atomic mass is 19.2. The van der Waals surface area contributed by atoms with Crippen LogP contribution in [0.3, 0.4) is 0 Å². The largest absolute Gasteiger partial charge is 0.324 e. The predicted octanol–water partition coefficient (Wildman–Crippen LogP) is 2.30. The minimum Gasteiger partial charge on any atom is -0.324 e. The van der Waals surface area contributed by atoms with Crippen molar-refractivity contribution in [1.82, 2.24) is 4.90 Å². The summed E-state index contributed by atoms with van der Waals surface area (Å²) in [6, 6.07) is 3.74. The quantitative estimate of drug-likeness (QED) is 0.860. The van der Waals surface area contributed by atoms with Crippen molar-refractivity contribution in [1.29, 1.82) is 0 Å². The van der Waals surface area contributed by atoms with Crippen LogP contribution in [0.5, 0.6) is 0 Å². The van der Waals surface area contributed by atoms with E-state index < -0.39 is 17.2 Å². The maximum Gasteiger partial charge on any atom is 0.159 e. The first kappa shape index (κ1) is 13.1.